The number of hydrogen-bond acceptors (Lipinski definition) is 5. The molecule has 0 aromatic carbocycles. The number of aliphatic hydroxyl groups excluding tert-OH is 3. The van der Waals surface area contributed by atoms with Crippen molar-refractivity contribution in [2.24, 2.45) is 0 Å². The van der Waals surface area contributed by atoms with Crippen LogP contribution in [0.1, 0.15) is 77.6 Å². The Kier molecular flexibility index (Phi) is 17.0. The molecule has 0 heterocycles. The summed E-state index contributed by atoms with van der Waals surface area (Å²) >= 11 is 0. The fourth-order valence-corrected chi connectivity index (χ4v) is 2.55. The van der Waals surface area contributed by atoms with E-state index in [-0.39, 0.29) is 0 Å². The van der Waals surface area contributed by atoms with Gasteiger partial charge >= 0.3 is 0 Å². The van der Waals surface area contributed by atoms with Crippen LogP contribution in [0.4, 0.5) is 0 Å². The van der Waals surface area contributed by atoms with Gasteiger partial charge in [0, 0.05) is 0 Å². The van der Waals surface area contributed by atoms with Crippen molar-refractivity contribution in [3.8, 4) is 0 Å². The van der Waals surface area contributed by atoms with Gasteiger partial charge in [0.2, 0.25) is 0 Å². The van der Waals surface area contributed by atoms with Crippen LogP contribution in [0, 0.1) is 0 Å². The second-order valence-electron chi connectivity index (χ2n) is 6.40. The van der Waals surface area contributed by atoms with E-state index in [1.807, 2.05) is 0 Å². The highest BCUT2D eigenvalue weighted by molar-refractivity contribution is 4.96. The molecule has 0 aliphatic heterocycles. The normalized spacial score (nSPS) is 15.7. The molecule has 0 aromatic rings. The SMILES string of the molecule is CCCCC[C@H](O)[C@@H](O)/C=C/[C@@H](O)CCCCCCCCOOC. The second-order valence-corrected chi connectivity index (χ2v) is 6.40. The Hall–Kier alpha value is -0.460. The summed E-state index contributed by atoms with van der Waals surface area (Å²) in [5.41, 5.74) is 0. The third-order valence-corrected chi connectivity index (χ3v) is 4.12. The third kappa shape index (κ3) is 15.1. The van der Waals surface area contributed by atoms with Crippen LogP contribution < -0.4 is 0 Å². The van der Waals surface area contributed by atoms with Gasteiger partial charge in [0.1, 0.15) is 0 Å². The lowest BCUT2D eigenvalue weighted by atomic mass is 10.0. The minimum atomic E-state index is -0.883. The summed E-state index contributed by atoms with van der Waals surface area (Å²) in [6.45, 7) is 2.75. The Bertz CT molecular complexity index is 283. The van der Waals surface area contributed by atoms with E-state index in [1.165, 1.54) is 19.6 Å². The van der Waals surface area contributed by atoms with Crippen molar-refractivity contribution in [2.75, 3.05) is 13.7 Å². The number of aliphatic hydroxyl groups is 3. The molecule has 24 heavy (non-hydrogen) atoms. The highest BCUT2D eigenvalue weighted by Crippen LogP contribution is 2.11. The second kappa shape index (κ2) is 17.4. The fraction of sp³-hybridized carbons (Fsp3) is 0.895. The summed E-state index contributed by atoms with van der Waals surface area (Å²) in [7, 11) is 1.52. The van der Waals surface area contributed by atoms with Gasteiger partial charge in [-0.05, 0) is 19.3 Å². The molecule has 0 radical (unpaired) electrons. The molecule has 0 bridgehead atoms. The number of hydrogen-bond donors (Lipinski definition) is 3. The maximum Gasteiger partial charge on any atom is 0.0980 e. The molecule has 0 aromatic heterocycles. The maximum absolute atomic E-state index is 9.88. The van der Waals surface area contributed by atoms with Gasteiger partial charge in [-0.15, -0.1) is 0 Å². The van der Waals surface area contributed by atoms with Gasteiger partial charge in [0.25, 0.3) is 0 Å². The van der Waals surface area contributed by atoms with Gasteiger partial charge in [-0.3, -0.25) is 0 Å². The molecule has 0 unspecified atom stereocenters. The molecule has 0 fully saturated rings. The molecule has 3 atom stereocenters. The Balaban J connectivity index is 3.57. The van der Waals surface area contributed by atoms with Crippen molar-refractivity contribution in [1.29, 1.82) is 0 Å². The van der Waals surface area contributed by atoms with Crippen molar-refractivity contribution in [1.82, 2.24) is 0 Å². The summed E-state index contributed by atoms with van der Waals surface area (Å²) in [4.78, 5) is 9.33. The zero-order valence-corrected chi connectivity index (χ0v) is 15.5. The molecule has 144 valence electrons. The molecule has 0 rings (SSSR count). The predicted molar refractivity (Wildman–Crippen MR) is 96.6 cm³/mol. The van der Waals surface area contributed by atoms with Crippen LogP contribution in [-0.4, -0.2) is 47.3 Å². The lowest BCUT2D eigenvalue weighted by molar-refractivity contribution is -0.272. The molecule has 0 saturated carbocycles. The number of unbranched alkanes of at least 4 members (excludes halogenated alkanes) is 7. The van der Waals surface area contributed by atoms with Gasteiger partial charge in [0.05, 0.1) is 32.0 Å². The Morgan fingerprint density at radius 3 is 2.08 bits per heavy atom. The standard InChI is InChI=1S/C19H38O5/c1-3-4-9-13-18(21)19(22)15-14-17(20)12-10-7-5-6-8-11-16-24-23-2/h14-15,17-22H,3-13,16H2,1-2H3/b15-14+/t17-,18-,19-/m0/s1. The van der Waals surface area contributed by atoms with Gasteiger partial charge in [-0.2, -0.15) is 0 Å². The largest absolute Gasteiger partial charge is 0.390 e. The van der Waals surface area contributed by atoms with E-state index in [0.717, 1.165) is 51.4 Å². The first kappa shape index (κ1) is 23.5. The lowest BCUT2D eigenvalue weighted by Crippen LogP contribution is -2.24. The Labute approximate surface area is 147 Å². The van der Waals surface area contributed by atoms with Crippen LogP contribution in [0.15, 0.2) is 12.2 Å². The summed E-state index contributed by atoms with van der Waals surface area (Å²) in [5.74, 6) is 0. The Morgan fingerprint density at radius 1 is 0.792 bits per heavy atom. The summed E-state index contributed by atoms with van der Waals surface area (Å²) in [6, 6.07) is 0. The molecule has 5 heteroatoms. The first-order valence-electron chi connectivity index (χ1n) is 9.50. The van der Waals surface area contributed by atoms with E-state index >= 15 is 0 Å². The highest BCUT2D eigenvalue weighted by Gasteiger charge is 2.12. The molecule has 0 saturated heterocycles. The van der Waals surface area contributed by atoms with Crippen molar-refractivity contribution < 1.29 is 25.1 Å². The third-order valence-electron chi connectivity index (χ3n) is 4.12. The van der Waals surface area contributed by atoms with Crippen LogP contribution in [0.3, 0.4) is 0 Å². The van der Waals surface area contributed by atoms with E-state index in [1.54, 1.807) is 6.08 Å². The minimum Gasteiger partial charge on any atom is -0.390 e. The lowest BCUT2D eigenvalue weighted by Gasteiger charge is -2.14. The first-order valence-corrected chi connectivity index (χ1v) is 9.50. The molecular weight excluding hydrogens is 308 g/mol. The molecule has 0 aliphatic rings. The van der Waals surface area contributed by atoms with Crippen LogP contribution in [0.25, 0.3) is 0 Å². The van der Waals surface area contributed by atoms with E-state index in [0.29, 0.717) is 19.4 Å². The topological polar surface area (TPSA) is 79.2 Å². The average molecular weight is 347 g/mol. The van der Waals surface area contributed by atoms with Crippen LogP contribution in [0.2, 0.25) is 0 Å². The maximum atomic E-state index is 9.88. The molecule has 0 aliphatic carbocycles. The summed E-state index contributed by atoms with van der Waals surface area (Å²) in [5, 5.41) is 29.5. The molecule has 0 spiro atoms. The molecule has 0 amide bonds. The quantitative estimate of drug-likeness (QED) is 0.163. The molecule has 5 nitrogen and oxygen atoms in total. The molecular formula is C19H38O5. The number of rotatable bonds is 17. The average Bonchev–Trinajstić information content (AvgIpc) is 2.58. The highest BCUT2D eigenvalue weighted by atomic mass is 17.2. The smallest absolute Gasteiger partial charge is 0.0980 e. The van der Waals surface area contributed by atoms with Crippen LogP contribution in [-0.2, 0) is 9.78 Å². The van der Waals surface area contributed by atoms with Crippen LogP contribution >= 0.6 is 0 Å². The van der Waals surface area contributed by atoms with Crippen LogP contribution in [0.5, 0.6) is 0 Å². The van der Waals surface area contributed by atoms with Gasteiger partial charge in [-0.25, -0.2) is 9.78 Å². The fourth-order valence-electron chi connectivity index (χ4n) is 2.55. The Morgan fingerprint density at radius 2 is 1.42 bits per heavy atom. The van der Waals surface area contributed by atoms with Crippen molar-refractivity contribution >= 4 is 0 Å². The predicted octanol–water partition coefficient (Wildman–Crippen LogP) is 3.51. The molecule has 3 N–H and O–H groups in total. The van der Waals surface area contributed by atoms with E-state index < -0.39 is 18.3 Å². The van der Waals surface area contributed by atoms with Gasteiger partial charge in [-0.1, -0.05) is 70.4 Å². The zero-order chi connectivity index (χ0) is 18.0. The monoisotopic (exact) mass is 346 g/mol. The van der Waals surface area contributed by atoms with E-state index in [9.17, 15) is 15.3 Å². The van der Waals surface area contributed by atoms with Gasteiger partial charge < -0.3 is 15.3 Å². The van der Waals surface area contributed by atoms with E-state index in [2.05, 4.69) is 11.8 Å². The van der Waals surface area contributed by atoms with Crippen molar-refractivity contribution in [2.45, 2.75) is 95.9 Å². The minimum absolute atomic E-state index is 0.544. The first-order chi connectivity index (χ1) is 11.6. The van der Waals surface area contributed by atoms with Crippen molar-refractivity contribution in [3.05, 3.63) is 12.2 Å². The summed E-state index contributed by atoms with van der Waals surface area (Å²) in [6.07, 6.45) is 11.9. The summed E-state index contributed by atoms with van der Waals surface area (Å²) < 4.78 is 0. The van der Waals surface area contributed by atoms with Gasteiger partial charge in [0.15, 0.2) is 0 Å². The van der Waals surface area contributed by atoms with Crippen molar-refractivity contribution in [3.63, 3.8) is 0 Å². The van der Waals surface area contributed by atoms with E-state index in [4.69, 9.17) is 4.89 Å². The zero-order valence-electron chi connectivity index (χ0n) is 15.5.